The molecule has 1 aromatic carbocycles. The predicted molar refractivity (Wildman–Crippen MR) is 45.8 cm³/mol. The Hall–Kier alpha value is -1.09. The molecule has 0 fully saturated rings. The van der Waals surface area contributed by atoms with Crippen LogP contribution in [-0.4, -0.2) is 5.78 Å². The zero-order valence-electron chi connectivity index (χ0n) is 6.40. The summed E-state index contributed by atoms with van der Waals surface area (Å²) in [5, 5.41) is -0.0116. The van der Waals surface area contributed by atoms with Gasteiger partial charge in [0.15, 0.2) is 5.78 Å². The highest BCUT2D eigenvalue weighted by atomic mass is 35.5. The zero-order valence-corrected chi connectivity index (χ0v) is 7.15. The summed E-state index contributed by atoms with van der Waals surface area (Å²) in [5.74, 6) is -0.836. The van der Waals surface area contributed by atoms with Crippen molar-refractivity contribution < 1.29 is 9.18 Å². The van der Waals surface area contributed by atoms with Gasteiger partial charge in [-0.25, -0.2) is 4.39 Å². The third-order valence-corrected chi connectivity index (χ3v) is 1.91. The molecule has 0 bridgehead atoms. The van der Waals surface area contributed by atoms with Crippen molar-refractivity contribution in [2.75, 3.05) is 5.73 Å². The van der Waals surface area contributed by atoms with Crippen LogP contribution in [0, 0.1) is 5.82 Å². The average molecular weight is 188 g/mol. The maximum absolute atomic E-state index is 12.7. The molecule has 2 N–H and O–H groups in total. The molecule has 0 saturated heterocycles. The molecule has 0 aromatic heterocycles. The van der Waals surface area contributed by atoms with Crippen molar-refractivity contribution in [3.05, 3.63) is 28.5 Å². The maximum atomic E-state index is 12.7. The molecule has 0 aliphatic carbocycles. The topological polar surface area (TPSA) is 43.1 Å². The molecule has 0 amide bonds. The first-order chi connectivity index (χ1) is 5.54. The number of carbonyl (C=O) groups is 1. The number of anilines is 1. The third kappa shape index (κ3) is 1.41. The largest absolute Gasteiger partial charge is 0.395 e. The molecule has 1 rings (SSSR count). The molecule has 64 valence electrons. The van der Waals surface area contributed by atoms with Crippen LogP contribution in [0.15, 0.2) is 12.1 Å². The second kappa shape index (κ2) is 3.11. The van der Waals surface area contributed by atoms with Gasteiger partial charge in [-0.2, -0.15) is 0 Å². The van der Waals surface area contributed by atoms with Crippen molar-refractivity contribution >= 4 is 23.1 Å². The van der Waals surface area contributed by atoms with Crippen LogP contribution >= 0.6 is 11.6 Å². The van der Waals surface area contributed by atoms with Crippen molar-refractivity contribution in [3.8, 4) is 0 Å². The van der Waals surface area contributed by atoms with Crippen LogP contribution in [0.4, 0.5) is 10.1 Å². The van der Waals surface area contributed by atoms with Crippen molar-refractivity contribution in [2.24, 2.45) is 0 Å². The molecule has 0 saturated carbocycles. The van der Waals surface area contributed by atoms with E-state index >= 15 is 0 Å². The molecule has 2 nitrogen and oxygen atoms in total. The summed E-state index contributed by atoms with van der Waals surface area (Å²) in [6.45, 7) is 1.35. The van der Waals surface area contributed by atoms with E-state index in [1.54, 1.807) is 0 Å². The molecule has 0 atom stereocenters. The number of nitrogen functional groups attached to an aromatic ring is 1. The van der Waals surface area contributed by atoms with Crippen LogP contribution in [0.3, 0.4) is 0 Å². The highest BCUT2D eigenvalue weighted by Crippen LogP contribution is 2.26. The third-order valence-electron chi connectivity index (χ3n) is 1.51. The fourth-order valence-corrected chi connectivity index (χ4v) is 1.13. The quantitative estimate of drug-likeness (QED) is 0.541. The lowest BCUT2D eigenvalue weighted by Crippen LogP contribution is -1.99. The smallest absolute Gasteiger partial charge is 0.161 e. The Morgan fingerprint density at radius 3 is 2.67 bits per heavy atom. The van der Waals surface area contributed by atoms with Crippen molar-refractivity contribution in [1.29, 1.82) is 0 Å². The number of rotatable bonds is 1. The van der Waals surface area contributed by atoms with Gasteiger partial charge in [0.1, 0.15) is 5.82 Å². The Morgan fingerprint density at radius 2 is 2.17 bits per heavy atom. The Balaban J connectivity index is 3.36. The number of benzene rings is 1. The van der Waals surface area contributed by atoms with Gasteiger partial charge in [-0.15, -0.1) is 0 Å². The summed E-state index contributed by atoms with van der Waals surface area (Å²) in [6, 6.07) is 2.44. The number of hydrogen-bond donors (Lipinski definition) is 1. The molecule has 4 heteroatoms. The number of halogens is 2. The molecule has 0 aliphatic heterocycles. The second-order valence-electron chi connectivity index (χ2n) is 2.38. The molecule has 12 heavy (non-hydrogen) atoms. The van der Waals surface area contributed by atoms with E-state index in [-0.39, 0.29) is 22.1 Å². The van der Waals surface area contributed by atoms with E-state index in [0.717, 1.165) is 6.07 Å². The normalized spacial score (nSPS) is 9.92. The minimum absolute atomic E-state index is 0.0116. The van der Waals surface area contributed by atoms with Crippen LogP contribution in [0.2, 0.25) is 5.02 Å². The molecule has 0 radical (unpaired) electrons. The summed E-state index contributed by atoms with van der Waals surface area (Å²) >= 11 is 5.61. The number of Topliss-reactive ketones (excluding diaryl/α,β-unsaturated/α-hetero) is 1. The first-order valence-electron chi connectivity index (χ1n) is 3.28. The van der Waals surface area contributed by atoms with Gasteiger partial charge >= 0.3 is 0 Å². The van der Waals surface area contributed by atoms with Crippen LogP contribution in [0.5, 0.6) is 0 Å². The van der Waals surface area contributed by atoms with Gasteiger partial charge in [0, 0.05) is 5.56 Å². The minimum Gasteiger partial charge on any atom is -0.395 e. The first-order valence-corrected chi connectivity index (χ1v) is 3.66. The van der Waals surface area contributed by atoms with E-state index in [0.29, 0.717) is 0 Å². The fraction of sp³-hybridized carbons (Fsp3) is 0.125. The Bertz CT molecular complexity index is 338. The fourth-order valence-electron chi connectivity index (χ4n) is 0.841. The summed E-state index contributed by atoms with van der Waals surface area (Å²) in [4.78, 5) is 10.9. The standard InChI is InChI=1S/C8H7ClFNO/c1-4(12)5-2-3-6(10)8(11)7(5)9/h2-3H,11H2,1H3. The molecular weight excluding hydrogens is 181 g/mol. The summed E-state index contributed by atoms with van der Waals surface area (Å²) in [6.07, 6.45) is 0. The van der Waals surface area contributed by atoms with Crippen LogP contribution in [-0.2, 0) is 0 Å². The second-order valence-corrected chi connectivity index (χ2v) is 2.76. The van der Waals surface area contributed by atoms with E-state index < -0.39 is 5.82 Å². The van der Waals surface area contributed by atoms with Crippen molar-refractivity contribution in [1.82, 2.24) is 0 Å². The van der Waals surface area contributed by atoms with Gasteiger partial charge in [0.05, 0.1) is 10.7 Å². The highest BCUT2D eigenvalue weighted by Gasteiger charge is 2.11. The van der Waals surface area contributed by atoms with Crippen LogP contribution < -0.4 is 5.73 Å². The van der Waals surface area contributed by atoms with Gasteiger partial charge in [-0.1, -0.05) is 11.6 Å². The lowest BCUT2D eigenvalue weighted by molar-refractivity contribution is 0.101. The predicted octanol–water partition coefficient (Wildman–Crippen LogP) is 2.26. The minimum atomic E-state index is -0.606. The summed E-state index contributed by atoms with van der Waals surface area (Å²) in [7, 11) is 0. The molecule has 0 aliphatic rings. The molecule has 1 aromatic rings. The summed E-state index contributed by atoms with van der Waals surface area (Å²) in [5.41, 5.74) is 5.33. The van der Waals surface area contributed by atoms with E-state index in [2.05, 4.69) is 0 Å². The van der Waals surface area contributed by atoms with Crippen LogP contribution in [0.25, 0.3) is 0 Å². The lowest BCUT2D eigenvalue weighted by Gasteiger charge is -2.03. The van der Waals surface area contributed by atoms with E-state index in [1.165, 1.54) is 13.0 Å². The van der Waals surface area contributed by atoms with Gasteiger partial charge in [-0.3, -0.25) is 4.79 Å². The first kappa shape index (κ1) is 9.00. The highest BCUT2D eigenvalue weighted by molar-refractivity contribution is 6.36. The van der Waals surface area contributed by atoms with Gasteiger partial charge < -0.3 is 5.73 Å². The SMILES string of the molecule is CC(=O)c1ccc(F)c(N)c1Cl. The van der Waals surface area contributed by atoms with E-state index in [9.17, 15) is 9.18 Å². The van der Waals surface area contributed by atoms with E-state index in [1.807, 2.05) is 0 Å². The van der Waals surface area contributed by atoms with Crippen molar-refractivity contribution in [3.63, 3.8) is 0 Å². The summed E-state index contributed by atoms with van der Waals surface area (Å²) < 4.78 is 12.7. The molecule has 0 unspecified atom stereocenters. The van der Waals surface area contributed by atoms with Gasteiger partial charge in [0.25, 0.3) is 0 Å². The maximum Gasteiger partial charge on any atom is 0.161 e. The van der Waals surface area contributed by atoms with Gasteiger partial charge in [-0.05, 0) is 19.1 Å². The number of carbonyl (C=O) groups excluding carboxylic acids is 1. The molecule has 0 spiro atoms. The molecular formula is C8H7ClFNO. The van der Waals surface area contributed by atoms with E-state index in [4.69, 9.17) is 17.3 Å². The van der Waals surface area contributed by atoms with Crippen molar-refractivity contribution in [2.45, 2.75) is 6.92 Å². The zero-order chi connectivity index (χ0) is 9.30. The van der Waals surface area contributed by atoms with Crippen LogP contribution in [0.1, 0.15) is 17.3 Å². The van der Waals surface area contributed by atoms with Gasteiger partial charge in [0.2, 0.25) is 0 Å². The lowest BCUT2D eigenvalue weighted by atomic mass is 10.1. The Kier molecular flexibility index (Phi) is 2.33. The monoisotopic (exact) mass is 187 g/mol. The Labute approximate surface area is 74.1 Å². The number of nitrogens with two attached hydrogens (primary N) is 1. The molecule has 0 heterocycles. The average Bonchev–Trinajstić information content (AvgIpc) is 2.00. The Morgan fingerprint density at radius 1 is 1.58 bits per heavy atom. The number of hydrogen-bond acceptors (Lipinski definition) is 2. The number of ketones is 1.